The Kier molecular flexibility index (Phi) is 7.67. The Morgan fingerprint density at radius 2 is 1.82 bits per heavy atom. The first-order valence-corrected chi connectivity index (χ1v) is 8.49. The van der Waals surface area contributed by atoms with Crippen LogP contribution in [0.5, 0.6) is 0 Å². The van der Waals surface area contributed by atoms with Crippen LogP contribution in [-0.4, -0.2) is 5.71 Å². The largest absolute Gasteiger partial charge is 0.300 e. The second-order valence-electron chi connectivity index (χ2n) is 6.26. The van der Waals surface area contributed by atoms with E-state index in [0.29, 0.717) is 5.71 Å². The Morgan fingerprint density at radius 3 is 2.41 bits per heavy atom. The maximum absolute atomic E-state index is 8.38. The third kappa shape index (κ3) is 5.49. The molecule has 0 aromatic rings. The van der Waals surface area contributed by atoms with Crippen molar-refractivity contribution in [2.75, 3.05) is 0 Å². The lowest BCUT2D eigenvalue weighted by molar-refractivity contribution is 0.661. The molecular weight excluding hydrogens is 286 g/mol. The predicted octanol–water partition coefficient (Wildman–Crippen LogP) is 6.57. The Balaban J connectivity index is 2.82. The lowest BCUT2D eigenvalue weighted by Gasteiger charge is -2.19. The first-order chi connectivity index (χ1) is 10.4. The molecule has 0 aromatic heterocycles. The highest BCUT2D eigenvalue weighted by Gasteiger charge is 2.13. The number of rotatable bonds is 6. The predicted molar refractivity (Wildman–Crippen MR) is 103 cm³/mol. The first kappa shape index (κ1) is 18.8. The average Bonchev–Trinajstić information content (AvgIpc) is 2.48. The van der Waals surface area contributed by atoms with Crippen LogP contribution >= 0.6 is 12.6 Å². The molecule has 0 fully saturated rings. The van der Waals surface area contributed by atoms with E-state index in [-0.39, 0.29) is 0 Å². The topological polar surface area (TPSA) is 23.9 Å². The molecule has 1 aliphatic rings. The zero-order valence-corrected chi connectivity index (χ0v) is 15.3. The van der Waals surface area contributed by atoms with Crippen molar-refractivity contribution in [2.24, 2.45) is 0 Å². The van der Waals surface area contributed by atoms with Gasteiger partial charge in [0.2, 0.25) is 0 Å². The minimum Gasteiger partial charge on any atom is -0.300 e. The molecule has 1 aliphatic carbocycles. The zero-order valence-electron chi connectivity index (χ0n) is 14.4. The number of allylic oxidation sites excluding steroid dienone is 8. The van der Waals surface area contributed by atoms with Crippen LogP contribution < -0.4 is 0 Å². The zero-order chi connectivity index (χ0) is 16.7. The third-order valence-electron chi connectivity index (χ3n) is 4.44. The lowest BCUT2D eigenvalue weighted by atomic mass is 9.87. The van der Waals surface area contributed by atoms with Crippen molar-refractivity contribution < 1.29 is 0 Å². The molecule has 0 atom stereocenters. The lowest BCUT2D eigenvalue weighted by Crippen LogP contribution is -2.06. The number of hydrogen-bond acceptors (Lipinski definition) is 2. The molecule has 0 amide bonds. The van der Waals surface area contributed by atoms with Crippen molar-refractivity contribution in [3.8, 4) is 0 Å². The van der Waals surface area contributed by atoms with Gasteiger partial charge in [-0.1, -0.05) is 29.9 Å². The third-order valence-corrected chi connectivity index (χ3v) is 4.59. The summed E-state index contributed by atoms with van der Waals surface area (Å²) in [4.78, 5) is 0. The summed E-state index contributed by atoms with van der Waals surface area (Å²) in [7, 11) is 0. The standard InChI is InChI=1S/C20H29NS/c1-14(10-11-22)16(3)12-17(4)20(21)18(5)13-19-9-7-6-8-15(19)2/h10-12,21-22H,5-9,13H2,1-4H3/b11-10-,16-14+,17-12+,21-20?. The van der Waals surface area contributed by atoms with Gasteiger partial charge in [-0.2, -0.15) is 12.6 Å². The number of hydrogen-bond donors (Lipinski definition) is 2. The van der Waals surface area contributed by atoms with E-state index in [4.69, 9.17) is 5.41 Å². The highest BCUT2D eigenvalue weighted by atomic mass is 32.1. The normalized spacial score (nSPS) is 17.8. The highest BCUT2D eigenvalue weighted by molar-refractivity contribution is 7.83. The van der Waals surface area contributed by atoms with E-state index in [1.54, 1.807) is 5.41 Å². The summed E-state index contributed by atoms with van der Waals surface area (Å²) in [5.41, 5.74) is 7.81. The van der Waals surface area contributed by atoms with Gasteiger partial charge in [-0.3, -0.25) is 0 Å². The minimum atomic E-state index is 0.577. The van der Waals surface area contributed by atoms with Crippen molar-refractivity contribution >= 4 is 18.3 Å². The van der Waals surface area contributed by atoms with Gasteiger partial charge in [0.05, 0.1) is 5.71 Å². The minimum absolute atomic E-state index is 0.577. The van der Waals surface area contributed by atoms with Gasteiger partial charge < -0.3 is 5.41 Å². The van der Waals surface area contributed by atoms with Crippen LogP contribution in [-0.2, 0) is 0 Å². The Morgan fingerprint density at radius 1 is 1.18 bits per heavy atom. The average molecular weight is 316 g/mol. The SMILES string of the molecule is C=C(CC1=C(C)CCCC1)C(=N)/C(C)=C/C(C)=C(C)/C=C\S. The molecule has 1 nitrogen and oxygen atoms in total. The molecule has 0 aliphatic heterocycles. The summed E-state index contributed by atoms with van der Waals surface area (Å²) in [6.45, 7) is 12.5. The monoisotopic (exact) mass is 315 g/mol. The van der Waals surface area contributed by atoms with Crippen LogP contribution in [0.15, 0.2) is 57.6 Å². The van der Waals surface area contributed by atoms with Gasteiger partial charge in [-0.25, -0.2) is 0 Å². The molecule has 0 spiro atoms. The van der Waals surface area contributed by atoms with Crippen LogP contribution in [0.1, 0.15) is 59.8 Å². The molecule has 1 N–H and O–H groups in total. The van der Waals surface area contributed by atoms with Crippen molar-refractivity contribution in [3.05, 3.63) is 57.6 Å². The van der Waals surface area contributed by atoms with Crippen LogP contribution in [0, 0.1) is 5.41 Å². The maximum atomic E-state index is 8.38. The summed E-state index contributed by atoms with van der Waals surface area (Å²) in [5.74, 6) is 0. The quantitative estimate of drug-likeness (QED) is 0.240. The molecule has 0 aromatic carbocycles. The molecule has 0 bridgehead atoms. The van der Waals surface area contributed by atoms with Crippen LogP contribution in [0.25, 0.3) is 0 Å². The van der Waals surface area contributed by atoms with Gasteiger partial charge in [-0.05, 0) is 87.5 Å². The van der Waals surface area contributed by atoms with Gasteiger partial charge in [0.1, 0.15) is 0 Å². The Bertz CT molecular complexity index is 571. The molecule has 1 rings (SSSR count). The smallest absolute Gasteiger partial charge is 0.0598 e. The molecule has 0 saturated heterocycles. The summed E-state index contributed by atoms with van der Waals surface area (Å²) < 4.78 is 0. The number of nitrogens with one attached hydrogen (secondary N) is 1. The van der Waals surface area contributed by atoms with Gasteiger partial charge >= 0.3 is 0 Å². The highest BCUT2D eigenvalue weighted by Crippen LogP contribution is 2.29. The fraction of sp³-hybridized carbons (Fsp3) is 0.450. The first-order valence-electron chi connectivity index (χ1n) is 7.98. The molecule has 0 unspecified atom stereocenters. The van der Waals surface area contributed by atoms with Gasteiger partial charge in [0.25, 0.3) is 0 Å². The van der Waals surface area contributed by atoms with Crippen LogP contribution in [0.3, 0.4) is 0 Å². The molecule has 0 saturated carbocycles. The Labute approximate surface area is 141 Å². The van der Waals surface area contributed by atoms with Gasteiger partial charge in [-0.15, -0.1) is 0 Å². The summed E-state index contributed by atoms with van der Waals surface area (Å²) in [6, 6.07) is 0. The van der Waals surface area contributed by atoms with Crippen molar-refractivity contribution in [2.45, 2.75) is 59.8 Å². The second-order valence-corrected chi connectivity index (χ2v) is 6.55. The Hall–Kier alpha value is -1.28. The fourth-order valence-corrected chi connectivity index (χ4v) is 2.96. The van der Waals surface area contributed by atoms with E-state index in [9.17, 15) is 0 Å². The van der Waals surface area contributed by atoms with E-state index in [0.717, 1.165) is 23.1 Å². The van der Waals surface area contributed by atoms with Crippen molar-refractivity contribution in [3.63, 3.8) is 0 Å². The van der Waals surface area contributed by atoms with Crippen LogP contribution in [0.4, 0.5) is 0 Å². The summed E-state index contributed by atoms with van der Waals surface area (Å²) in [5, 5.41) is 10.1. The molecular formula is C20H29NS. The van der Waals surface area contributed by atoms with E-state index in [1.807, 2.05) is 13.0 Å². The molecule has 120 valence electrons. The summed E-state index contributed by atoms with van der Waals surface area (Å²) >= 11 is 4.10. The fourth-order valence-electron chi connectivity index (χ4n) is 2.74. The molecule has 0 heterocycles. The molecule has 2 heteroatoms. The van der Waals surface area contributed by atoms with E-state index in [1.165, 1.54) is 42.4 Å². The number of thiol groups is 1. The van der Waals surface area contributed by atoms with Crippen molar-refractivity contribution in [1.29, 1.82) is 5.41 Å². The maximum Gasteiger partial charge on any atom is 0.0598 e. The van der Waals surface area contributed by atoms with E-state index >= 15 is 0 Å². The van der Waals surface area contributed by atoms with Crippen LogP contribution in [0.2, 0.25) is 0 Å². The van der Waals surface area contributed by atoms with Gasteiger partial charge in [0, 0.05) is 0 Å². The summed E-state index contributed by atoms with van der Waals surface area (Å²) in [6.07, 6.45) is 9.86. The molecule has 22 heavy (non-hydrogen) atoms. The second kappa shape index (κ2) is 8.99. The van der Waals surface area contributed by atoms with E-state index < -0.39 is 0 Å². The van der Waals surface area contributed by atoms with Gasteiger partial charge in [0.15, 0.2) is 0 Å². The molecule has 0 radical (unpaired) electrons. The van der Waals surface area contributed by atoms with E-state index in [2.05, 4.69) is 46.1 Å². The van der Waals surface area contributed by atoms with Crippen molar-refractivity contribution in [1.82, 2.24) is 0 Å².